The van der Waals surface area contributed by atoms with Crippen molar-refractivity contribution in [2.45, 2.75) is 11.5 Å². The van der Waals surface area contributed by atoms with E-state index < -0.39 is 11.0 Å². The third kappa shape index (κ3) is 0.752. The van der Waals surface area contributed by atoms with Crippen molar-refractivity contribution in [3.63, 3.8) is 0 Å². The molecular weight excluding hydrogens is 118 g/mol. The van der Waals surface area contributed by atoms with Gasteiger partial charge in [-0.15, -0.1) is 0 Å². The zero-order valence-corrected chi connectivity index (χ0v) is 4.28. The Kier molecular flexibility index (Phi) is 0.854. The van der Waals surface area contributed by atoms with Gasteiger partial charge in [-0.2, -0.15) is 0 Å². The van der Waals surface area contributed by atoms with Gasteiger partial charge in [-0.3, -0.25) is 0 Å². The van der Waals surface area contributed by atoms with E-state index in [1.54, 1.807) is 0 Å². The lowest BCUT2D eigenvalue weighted by molar-refractivity contribution is -0.109. The van der Waals surface area contributed by atoms with E-state index in [9.17, 15) is 9.18 Å². The van der Waals surface area contributed by atoms with Gasteiger partial charge >= 0.3 is 0 Å². The van der Waals surface area contributed by atoms with Gasteiger partial charge in [-0.05, 0) is 0 Å². The van der Waals surface area contributed by atoms with Gasteiger partial charge in [-0.1, -0.05) is 11.6 Å². The predicted octanol–water partition coefficient (Wildman–Crippen LogP) is 1.11. The van der Waals surface area contributed by atoms with Crippen molar-refractivity contribution < 1.29 is 9.18 Å². The van der Waals surface area contributed by atoms with E-state index in [0.717, 1.165) is 0 Å². The lowest BCUT2D eigenvalue weighted by Gasteiger charge is -1.83. The Morgan fingerprint density at radius 3 is 2.43 bits per heavy atom. The molecule has 0 heterocycles. The highest BCUT2D eigenvalue weighted by molar-refractivity contribution is 6.26. The molecule has 1 aliphatic rings. The lowest BCUT2D eigenvalue weighted by Crippen LogP contribution is -1.90. The van der Waals surface area contributed by atoms with Gasteiger partial charge < -0.3 is 4.79 Å². The molecule has 0 aromatic heterocycles. The fourth-order valence-electron chi connectivity index (χ4n) is 0.382. The number of hydrogen-bond donors (Lipinski definition) is 0. The summed E-state index contributed by atoms with van der Waals surface area (Å²) in [5, 5.41) is -1.68. The third-order valence-corrected chi connectivity index (χ3v) is 1.47. The smallest absolute Gasteiger partial charge is 0.194 e. The van der Waals surface area contributed by atoms with E-state index in [2.05, 4.69) is 0 Å². The molecule has 0 amide bonds. The van der Waals surface area contributed by atoms with E-state index in [1.165, 1.54) is 0 Å². The standard InChI is InChI=1S/C4H4ClFO/c5-4(6)1-3(4)2-7/h2-3H,1H2. The molecule has 0 N–H and O–H groups in total. The van der Waals surface area contributed by atoms with Gasteiger partial charge in [0.25, 0.3) is 0 Å². The molecule has 0 aromatic rings. The van der Waals surface area contributed by atoms with Gasteiger partial charge in [0, 0.05) is 6.42 Å². The quantitative estimate of drug-likeness (QED) is 0.376. The maximum Gasteiger partial charge on any atom is 0.194 e. The van der Waals surface area contributed by atoms with Crippen molar-refractivity contribution in [2.24, 2.45) is 5.92 Å². The van der Waals surface area contributed by atoms with E-state index in [-0.39, 0.29) is 6.42 Å². The SMILES string of the molecule is O=CC1CC1(F)Cl. The summed E-state index contributed by atoms with van der Waals surface area (Å²) in [5.74, 6) is -0.533. The van der Waals surface area contributed by atoms with E-state index in [4.69, 9.17) is 11.6 Å². The molecule has 0 radical (unpaired) electrons. The third-order valence-electron chi connectivity index (χ3n) is 1.04. The van der Waals surface area contributed by atoms with Crippen LogP contribution in [0.4, 0.5) is 4.39 Å². The fraction of sp³-hybridized carbons (Fsp3) is 0.750. The van der Waals surface area contributed by atoms with Crippen LogP contribution >= 0.6 is 11.6 Å². The van der Waals surface area contributed by atoms with Crippen molar-refractivity contribution in [3.8, 4) is 0 Å². The van der Waals surface area contributed by atoms with Gasteiger partial charge in [0.15, 0.2) is 5.13 Å². The Hall–Kier alpha value is -0.110. The number of hydrogen-bond acceptors (Lipinski definition) is 1. The summed E-state index contributed by atoms with van der Waals surface area (Å²) in [7, 11) is 0. The highest BCUT2D eigenvalue weighted by Crippen LogP contribution is 2.49. The lowest BCUT2D eigenvalue weighted by atomic mass is 10.5. The largest absolute Gasteiger partial charge is 0.303 e. The molecule has 2 unspecified atom stereocenters. The summed E-state index contributed by atoms with van der Waals surface area (Å²) >= 11 is 5.01. The normalized spacial score (nSPS) is 48.6. The van der Waals surface area contributed by atoms with Crippen LogP contribution in [0.3, 0.4) is 0 Å². The number of aldehydes is 1. The Morgan fingerprint density at radius 2 is 2.43 bits per heavy atom. The summed E-state index contributed by atoms with van der Waals surface area (Å²) in [6, 6.07) is 0. The van der Waals surface area contributed by atoms with Crippen molar-refractivity contribution in [2.75, 3.05) is 0 Å². The van der Waals surface area contributed by atoms with Crippen molar-refractivity contribution >= 4 is 17.9 Å². The van der Waals surface area contributed by atoms with E-state index in [1.807, 2.05) is 0 Å². The van der Waals surface area contributed by atoms with Gasteiger partial charge in [0.1, 0.15) is 6.29 Å². The second kappa shape index (κ2) is 1.19. The van der Waals surface area contributed by atoms with Crippen LogP contribution in [0.1, 0.15) is 6.42 Å². The molecule has 1 fully saturated rings. The average Bonchev–Trinajstić information content (AvgIpc) is 2.13. The molecule has 1 rings (SSSR count). The van der Waals surface area contributed by atoms with Crippen LogP contribution in [0.15, 0.2) is 0 Å². The molecule has 1 saturated carbocycles. The number of carbonyl (C=O) groups is 1. The maximum atomic E-state index is 12.0. The molecular formula is C4H4ClFO. The summed E-state index contributed by atoms with van der Waals surface area (Å²) in [5.41, 5.74) is 0. The Morgan fingerprint density at radius 1 is 2.00 bits per heavy atom. The minimum Gasteiger partial charge on any atom is -0.303 e. The molecule has 0 aliphatic heterocycles. The fourth-order valence-corrected chi connectivity index (χ4v) is 0.600. The Labute approximate surface area is 45.5 Å². The highest BCUT2D eigenvalue weighted by atomic mass is 35.5. The summed E-state index contributed by atoms with van der Waals surface area (Å²) < 4.78 is 12.0. The zero-order valence-electron chi connectivity index (χ0n) is 3.53. The van der Waals surface area contributed by atoms with E-state index in [0.29, 0.717) is 6.29 Å². The second-order valence-corrected chi connectivity index (χ2v) is 2.34. The first-order valence-corrected chi connectivity index (χ1v) is 2.38. The zero-order chi connectivity index (χ0) is 5.49. The van der Waals surface area contributed by atoms with Gasteiger partial charge in [0.2, 0.25) is 0 Å². The van der Waals surface area contributed by atoms with Gasteiger partial charge in [0.05, 0.1) is 5.92 Å². The van der Waals surface area contributed by atoms with Gasteiger partial charge in [-0.25, -0.2) is 4.39 Å². The summed E-state index contributed by atoms with van der Waals surface area (Å²) in [6.07, 6.45) is 0.741. The first-order valence-electron chi connectivity index (χ1n) is 2.00. The predicted molar refractivity (Wildman–Crippen MR) is 23.9 cm³/mol. The monoisotopic (exact) mass is 122 g/mol. The number of carbonyl (C=O) groups excluding carboxylic acids is 1. The second-order valence-electron chi connectivity index (χ2n) is 1.71. The summed E-state index contributed by atoms with van der Waals surface area (Å²) in [4.78, 5) is 9.66. The highest BCUT2D eigenvalue weighted by Gasteiger charge is 2.54. The van der Waals surface area contributed by atoms with Crippen LogP contribution in [-0.4, -0.2) is 11.4 Å². The number of alkyl halides is 2. The molecule has 0 bridgehead atoms. The van der Waals surface area contributed by atoms with Crippen LogP contribution in [0, 0.1) is 5.92 Å². The topological polar surface area (TPSA) is 17.1 Å². The molecule has 1 aliphatic carbocycles. The minimum absolute atomic E-state index is 0.193. The molecule has 0 spiro atoms. The maximum absolute atomic E-state index is 12.0. The molecule has 0 saturated heterocycles. The average molecular weight is 123 g/mol. The van der Waals surface area contributed by atoms with Crippen molar-refractivity contribution in [3.05, 3.63) is 0 Å². The number of rotatable bonds is 1. The van der Waals surface area contributed by atoms with Crippen LogP contribution in [0.25, 0.3) is 0 Å². The van der Waals surface area contributed by atoms with Crippen LogP contribution < -0.4 is 0 Å². The Balaban J connectivity index is 2.44. The molecule has 0 aromatic carbocycles. The van der Waals surface area contributed by atoms with Crippen LogP contribution in [0.5, 0.6) is 0 Å². The first kappa shape index (κ1) is 5.04. The van der Waals surface area contributed by atoms with Crippen molar-refractivity contribution in [1.82, 2.24) is 0 Å². The minimum atomic E-state index is -1.68. The molecule has 1 nitrogen and oxygen atoms in total. The summed E-state index contributed by atoms with van der Waals surface area (Å²) in [6.45, 7) is 0. The molecule has 7 heavy (non-hydrogen) atoms. The van der Waals surface area contributed by atoms with Crippen LogP contribution in [-0.2, 0) is 4.79 Å². The van der Waals surface area contributed by atoms with Crippen LogP contribution in [0.2, 0.25) is 0 Å². The van der Waals surface area contributed by atoms with E-state index >= 15 is 0 Å². The molecule has 3 heteroatoms. The Bertz CT molecular complexity index is 102. The molecule has 2 atom stereocenters. The first-order chi connectivity index (χ1) is 3.17. The molecule has 40 valence electrons. The number of halogens is 2. The van der Waals surface area contributed by atoms with Crippen molar-refractivity contribution in [1.29, 1.82) is 0 Å².